The molecule has 1 saturated heterocycles. The first-order valence-electron chi connectivity index (χ1n) is 9.51. The lowest BCUT2D eigenvalue weighted by atomic mass is 9.94. The Morgan fingerprint density at radius 3 is 2.29 bits per heavy atom. The van der Waals surface area contributed by atoms with E-state index >= 15 is 0 Å². The molecule has 6 N–H and O–H groups in total. The van der Waals surface area contributed by atoms with Crippen molar-refractivity contribution in [3.05, 3.63) is 35.4 Å². The van der Waals surface area contributed by atoms with Gasteiger partial charge in [-0.25, -0.2) is 9.59 Å². The summed E-state index contributed by atoms with van der Waals surface area (Å²) in [6.07, 6.45) is -1.60. The maximum absolute atomic E-state index is 12.7. The van der Waals surface area contributed by atoms with E-state index in [4.69, 9.17) is 19.7 Å². The number of carboxylic acids is 2. The number of hydrogen-bond donors (Lipinski definition) is 6. The van der Waals surface area contributed by atoms with E-state index in [0.717, 1.165) is 0 Å². The average Bonchev–Trinajstić information content (AvgIpc) is 2.74. The minimum Gasteiger partial charge on any atom is -0.480 e. The molecule has 3 unspecified atom stereocenters. The highest BCUT2D eigenvalue weighted by Crippen LogP contribution is 2.20. The van der Waals surface area contributed by atoms with Gasteiger partial charge in [0.05, 0.1) is 30.9 Å². The van der Waals surface area contributed by atoms with Crippen molar-refractivity contribution in [1.82, 2.24) is 16.0 Å². The van der Waals surface area contributed by atoms with Crippen LogP contribution in [0, 0.1) is 0 Å². The number of carbonyl (C=O) groups is 4. The largest absolute Gasteiger partial charge is 0.480 e. The Balaban J connectivity index is 2.15. The molecule has 0 saturated carbocycles. The third-order valence-corrected chi connectivity index (χ3v) is 4.59. The number of ether oxygens (including phenoxy) is 2. The second kappa shape index (κ2) is 11.2. The zero-order chi connectivity index (χ0) is 23.0. The summed E-state index contributed by atoms with van der Waals surface area (Å²) in [7, 11) is 0. The lowest BCUT2D eigenvalue weighted by Crippen LogP contribution is -2.66. The van der Waals surface area contributed by atoms with Gasteiger partial charge in [0.25, 0.3) is 5.91 Å². The molecule has 31 heavy (non-hydrogen) atoms. The number of amides is 3. The molecule has 3 amide bonds. The maximum Gasteiger partial charge on any atom is 0.335 e. The van der Waals surface area contributed by atoms with Gasteiger partial charge in [0.2, 0.25) is 0 Å². The van der Waals surface area contributed by atoms with Crippen LogP contribution in [0.25, 0.3) is 0 Å². The van der Waals surface area contributed by atoms with Gasteiger partial charge in [-0.3, -0.25) is 9.59 Å². The highest BCUT2D eigenvalue weighted by molar-refractivity contribution is 5.96. The van der Waals surface area contributed by atoms with Crippen LogP contribution >= 0.6 is 0 Å². The van der Waals surface area contributed by atoms with Crippen LogP contribution in [0.2, 0.25) is 0 Å². The molecule has 0 aromatic heterocycles. The van der Waals surface area contributed by atoms with Gasteiger partial charge in [-0.05, 0) is 31.2 Å². The number of hydrogen-bond acceptors (Lipinski definition) is 7. The average molecular weight is 439 g/mol. The summed E-state index contributed by atoms with van der Waals surface area (Å²) >= 11 is 0. The standard InChI is InChI=1S/C19H25N3O9/c1-2-30-16-12(21-19(29)20-7-14(24)25)9-31-13(8-23)15(16)22-17(26)10-3-5-11(6-4-10)18(27)28/h3-6,12-13,15-16,23H,2,7-9H2,1H3,(H,22,26)(H,24,25)(H,27,28)(H2,20,21,29)/t12?,13?,15-,16?/m0/s1. The number of urea groups is 1. The van der Waals surface area contributed by atoms with Crippen molar-refractivity contribution < 1.29 is 44.0 Å². The minimum absolute atomic E-state index is 0.0228. The topological polar surface area (TPSA) is 184 Å². The summed E-state index contributed by atoms with van der Waals surface area (Å²) in [5, 5.41) is 34.8. The van der Waals surface area contributed by atoms with Crippen LogP contribution < -0.4 is 16.0 Å². The molecule has 2 rings (SSSR count). The molecule has 1 heterocycles. The van der Waals surface area contributed by atoms with Gasteiger partial charge in [0.15, 0.2) is 0 Å². The fraction of sp³-hybridized carbons (Fsp3) is 0.474. The number of benzene rings is 1. The van der Waals surface area contributed by atoms with E-state index in [1.54, 1.807) is 6.92 Å². The predicted octanol–water partition coefficient (Wildman–Crippen LogP) is -0.968. The van der Waals surface area contributed by atoms with Gasteiger partial charge >= 0.3 is 18.0 Å². The highest BCUT2D eigenvalue weighted by atomic mass is 16.5. The zero-order valence-electron chi connectivity index (χ0n) is 16.7. The number of rotatable bonds is 9. The first-order chi connectivity index (χ1) is 14.8. The number of aliphatic carboxylic acids is 1. The third kappa shape index (κ3) is 6.64. The van der Waals surface area contributed by atoms with Gasteiger partial charge in [0, 0.05) is 12.2 Å². The molecule has 12 nitrogen and oxygen atoms in total. The number of aliphatic hydroxyl groups excluding tert-OH is 1. The normalized spacial score (nSPS) is 22.9. The first kappa shape index (κ1) is 24.1. The predicted molar refractivity (Wildman–Crippen MR) is 105 cm³/mol. The van der Waals surface area contributed by atoms with Gasteiger partial charge in [-0.15, -0.1) is 0 Å². The third-order valence-electron chi connectivity index (χ3n) is 4.59. The van der Waals surface area contributed by atoms with E-state index in [-0.39, 0.29) is 24.3 Å². The van der Waals surface area contributed by atoms with Crippen molar-refractivity contribution in [2.45, 2.75) is 31.2 Å². The Kier molecular flexibility index (Phi) is 8.73. The lowest BCUT2D eigenvalue weighted by Gasteiger charge is -2.42. The molecule has 0 radical (unpaired) electrons. The van der Waals surface area contributed by atoms with Crippen LogP contribution in [-0.4, -0.2) is 89.9 Å². The first-order valence-corrected chi connectivity index (χ1v) is 9.51. The highest BCUT2D eigenvalue weighted by Gasteiger charge is 2.42. The fourth-order valence-corrected chi connectivity index (χ4v) is 3.14. The van der Waals surface area contributed by atoms with Crippen LogP contribution in [0.15, 0.2) is 24.3 Å². The molecule has 0 bridgehead atoms. The summed E-state index contributed by atoms with van der Waals surface area (Å²) in [5.41, 5.74) is 0.209. The quantitative estimate of drug-likeness (QED) is 0.282. The van der Waals surface area contributed by atoms with Crippen molar-refractivity contribution in [3.63, 3.8) is 0 Å². The molecule has 170 valence electrons. The second-order valence-electron chi connectivity index (χ2n) is 6.68. The van der Waals surface area contributed by atoms with Gasteiger partial charge in [-0.2, -0.15) is 0 Å². The van der Waals surface area contributed by atoms with E-state index in [9.17, 15) is 24.3 Å². The van der Waals surface area contributed by atoms with Crippen molar-refractivity contribution >= 4 is 23.9 Å². The summed E-state index contributed by atoms with van der Waals surface area (Å²) in [6.45, 7) is 0.914. The summed E-state index contributed by atoms with van der Waals surface area (Å²) in [5.74, 6) is -2.89. The minimum atomic E-state index is -1.21. The van der Waals surface area contributed by atoms with Crippen molar-refractivity contribution in [3.8, 4) is 0 Å². The SMILES string of the molecule is CCOC1C(NC(=O)NCC(=O)O)COC(CO)[C@@H]1NC(=O)c1ccc(C(=O)O)cc1. The fourth-order valence-electron chi connectivity index (χ4n) is 3.14. The Morgan fingerprint density at radius 1 is 1.10 bits per heavy atom. The number of carbonyl (C=O) groups excluding carboxylic acids is 2. The van der Waals surface area contributed by atoms with Crippen LogP contribution in [0.4, 0.5) is 4.79 Å². The molecule has 1 aliphatic heterocycles. The molecule has 1 aromatic carbocycles. The molecule has 1 fully saturated rings. The number of nitrogens with one attached hydrogen (secondary N) is 3. The molecule has 0 spiro atoms. The molecule has 4 atom stereocenters. The summed E-state index contributed by atoms with van der Waals surface area (Å²) in [4.78, 5) is 46.2. The number of aliphatic hydroxyl groups is 1. The van der Waals surface area contributed by atoms with Crippen LogP contribution in [0.5, 0.6) is 0 Å². The van der Waals surface area contributed by atoms with Crippen molar-refractivity contribution in [2.24, 2.45) is 0 Å². The molecule has 1 aromatic rings. The monoisotopic (exact) mass is 439 g/mol. The number of carboxylic acid groups (broad SMARTS) is 2. The van der Waals surface area contributed by atoms with Crippen LogP contribution in [0.1, 0.15) is 27.6 Å². The lowest BCUT2D eigenvalue weighted by molar-refractivity contribution is -0.135. The summed E-state index contributed by atoms with van der Waals surface area (Å²) < 4.78 is 11.3. The molecule has 12 heteroatoms. The Labute approximate surface area is 177 Å². The van der Waals surface area contributed by atoms with E-state index < -0.39 is 61.3 Å². The Hall–Kier alpha value is -3.22. The van der Waals surface area contributed by atoms with E-state index in [2.05, 4.69) is 16.0 Å². The van der Waals surface area contributed by atoms with Crippen molar-refractivity contribution in [2.75, 3.05) is 26.4 Å². The van der Waals surface area contributed by atoms with E-state index in [0.29, 0.717) is 0 Å². The number of aromatic carboxylic acids is 1. The van der Waals surface area contributed by atoms with Gasteiger partial charge in [-0.1, -0.05) is 0 Å². The Morgan fingerprint density at radius 2 is 1.74 bits per heavy atom. The molecular weight excluding hydrogens is 414 g/mol. The van der Waals surface area contributed by atoms with Crippen LogP contribution in [0.3, 0.4) is 0 Å². The van der Waals surface area contributed by atoms with E-state index in [1.165, 1.54) is 24.3 Å². The Bertz CT molecular complexity index is 799. The van der Waals surface area contributed by atoms with Gasteiger partial charge < -0.3 is 40.7 Å². The van der Waals surface area contributed by atoms with Gasteiger partial charge in [0.1, 0.15) is 18.8 Å². The smallest absolute Gasteiger partial charge is 0.335 e. The molecule has 0 aliphatic carbocycles. The van der Waals surface area contributed by atoms with Crippen LogP contribution in [-0.2, 0) is 14.3 Å². The molecular formula is C19H25N3O9. The maximum atomic E-state index is 12.7. The van der Waals surface area contributed by atoms with E-state index in [1.807, 2.05) is 0 Å². The zero-order valence-corrected chi connectivity index (χ0v) is 16.7. The molecule has 1 aliphatic rings. The van der Waals surface area contributed by atoms with Crippen molar-refractivity contribution in [1.29, 1.82) is 0 Å². The second-order valence-corrected chi connectivity index (χ2v) is 6.68. The summed E-state index contributed by atoms with van der Waals surface area (Å²) in [6, 6.07) is 2.93.